The number of unbranched alkanes of at least 4 members (excludes halogenated alkanes) is 2. The molecule has 31 heteroatoms. The Morgan fingerprint density at radius 3 is 2.02 bits per heavy atom. The van der Waals surface area contributed by atoms with Gasteiger partial charge in [0.05, 0.1) is 74.5 Å². The summed E-state index contributed by atoms with van der Waals surface area (Å²) < 4.78 is 29.1. The van der Waals surface area contributed by atoms with E-state index in [0.717, 1.165) is 23.6 Å². The first-order chi connectivity index (χ1) is 52.1. The van der Waals surface area contributed by atoms with Crippen LogP contribution in [0.3, 0.4) is 0 Å². The van der Waals surface area contributed by atoms with Gasteiger partial charge in [-0.25, -0.2) is 9.59 Å². The van der Waals surface area contributed by atoms with Crippen molar-refractivity contribution in [1.82, 2.24) is 46.2 Å². The lowest BCUT2D eigenvalue weighted by molar-refractivity contribution is -0.148. The number of likely N-dealkylation sites (N-methyl/N-ethyl adjacent to an activating group) is 2. The van der Waals surface area contributed by atoms with Crippen molar-refractivity contribution < 1.29 is 91.1 Å². The zero-order valence-corrected chi connectivity index (χ0v) is 67.3. The Bertz CT molecular complexity index is 3700. The zero-order chi connectivity index (χ0) is 81.4. The summed E-state index contributed by atoms with van der Waals surface area (Å²) in [5.41, 5.74) is 6.10. The standard InChI is InChI=1S/C79H117N11O19S/c1-16-48(8)69(88(12)76(102)67(46(4)5)86-74(100)68(47(6)7)87(10)11)60(106-14)38-63(93)90-42-56(37-58(90)70(107-15)49(9)71(97)82-41-59(91)53-26-25-52-36-55(105-13)30-27-51(52)35-53)109-78(104)108-43-50-23-28-54(29-24-50)83-72(98)57(21-20-33-81-77(80)103)84-73(99)66(45(2)3)85-62(92)22-18-17-19-34-89-64(94)39-61(75(89)101)110-44-79(31-32-79)40-65(95)96/h23-30,35-36,45-49,56-58,60-61,66-70H,16-22,31-34,37-44H2,1-15H3,(H,82,97)(H,83,98)(H,84,99)(H,85,92)(H,86,100)(H,95,96)(H3,80,81,103)/t48-,49+,56-,57?,58-,60+,61?,66-,67-,68-,69-,70+/m0/s1. The van der Waals surface area contributed by atoms with Crippen LogP contribution in [0.5, 0.6) is 5.75 Å². The minimum absolute atomic E-state index is 0.0206. The monoisotopic (exact) mass is 1560 g/mol. The van der Waals surface area contributed by atoms with Gasteiger partial charge in [0, 0.05) is 70.6 Å². The number of nitrogens with two attached hydrogens (primary N) is 1. The quantitative estimate of drug-likeness (QED) is 0.0124. The van der Waals surface area contributed by atoms with E-state index >= 15 is 4.79 Å². The number of hydrogen-bond donors (Lipinski definition) is 8. The van der Waals surface area contributed by atoms with Gasteiger partial charge in [-0.3, -0.25) is 62.5 Å². The van der Waals surface area contributed by atoms with Gasteiger partial charge in [-0.2, -0.15) is 0 Å². The van der Waals surface area contributed by atoms with E-state index in [-0.39, 0.29) is 130 Å². The van der Waals surface area contributed by atoms with E-state index in [0.29, 0.717) is 54.0 Å². The number of amides is 11. The van der Waals surface area contributed by atoms with Gasteiger partial charge in [0.25, 0.3) is 0 Å². The molecular formula is C79H117N11O19S. The number of ketones is 1. The number of carboxylic acids is 1. The number of benzene rings is 3. The summed E-state index contributed by atoms with van der Waals surface area (Å²) in [6.07, 6.45) is -0.456. The lowest BCUT2D eigenvalue weighted by Crippen LogP contribution is -2.59. The molecule has 110 heavy (non-hydrogen) atoms. The van der Waals surface area contributed by atoms with E-state index in [4.69, 9.17) is 29.4 Å². The lowest BCUT2D eigenvalue weighted by atomic mass is 9.89. The van der Waals surface area contributed by atoms with E-state index < -0.39 is 119 Å². The molecule has 0 radical (unpaired) electrons. The number of primary amides is 1. The molecule has 2 saturated heterocycles. The number of likely N-dealkylation sites (tertiary alicyclic amines) is 2. The number of Topliss-reactive ketones (excluding diaryl/α,β-unsaturated/α-hetero) is 1. The normalized spacial score (nSPS) is 18.5. The maximum Gasteiger partial charge on any atom is 0.508 e. The first kappa shape index (κ1) is 89.9. The molecule has 11 amide bonds. The van der Waals surface area contributed by atoms with Crippen LogP contribution in [0.1, 0.15) is 162 Å². The van der Waals surface area contributed by atoms with Crippen LogP contribution in [0.15, 0.2) is 60.7 Å². The van der Waals surface area contributed by atoms with Crippen LogP contribution in [-0.4, -0.2) is 236 Å². The molecule has 2 unspecified atom stereocenters. The second kappa shape index (κ2) is 42.5. The molecule has 2 heterocycles. The number of urea groups is 1. The van der Waals surface area contributed by atoms with Gasteiger partial charge < -0.3 is 76.2 Å². The molecule has 3 aromatic rings. The molecule has 6 rings (SSSR count). The molecule has 0 spiro atoms. The van der Waals surface area contributed by atoms with Gasteiger partial charge in [-0.1, -0.05) is 105 Å². The Hall–Kier alpha value is -8.94. The van der Waals surface area contributed by atoms with Crippen molar-refractivity contribution in [3.63, 3.8) is 0 Å². The second-order valence-corrected chi connectivity index (χ2v) is 31.8. The number of methoxy groups -OCH3 is 3. The fraction of sp³-hybridized carbons (Fsp3) is 0.633. The molecule has 0 bridgehead atoms. The first-order valence-electron chi connectivity index (χ1n) is 38.1. The summed E-state index contributed by atoms with van der Waals surface area (Å²) in [7, 11) is 9.65. The van der Waals surface area contributed by atoms with Gasteiger partial charge in [-0.05, 0) is 128 Å². The average Bonchev–Trinajstić information content (AvgIpc) is 1.61. The van der Waals surface area contributed by atoms with Gasteiger partial charge in [-0.15, -0.1) is 11.8 Å². The SMILES string of the molecule is CC[C@H](C)[C@@H]([C@@H](CC(=O)N1C[C@@H](OC(=O)OCc2ccc(NC(=O)C(CCCNC(N)=O)NC(=O)[C@@H](NC(=O)CCCCCN3C(=O)CC(SCC4(CC(=O)O)CC4)C3=O)C(C)C)cc2)C[C@H]1[C@H](OC)[C@@H](C)C(=O)NCC(=O)c1ccc2cc(OC)ccc2c1)OC)N(C)C(=O)[C@@H](NC(=O)[C@H](C(C)C)N(C)C)C(C)C. The highest BCUT2D eigenvalue weighted by Gasteiger charge is 2.49. The molecule has 608 valence electrons. The fourth-order valence-corrected chi connectivity index (χ4v) is 15.9. The Morgan fingerprint density at radius 1 is 0.745 bits per heavy atom. The van der Waals surface area contributed by atoms with Gasteiger partial charge in [0.2, 0.25) is 53.2 Å². The summed E-state index contributed by atoms with van der Waals surface area (Å²) in [5.74, 6) is -6.06. The number of anilines is 1. The van der Waals surface area contributed by atoms with Crippen molar-refractivity contribution in [2.45, 2.75) is 212 Å². The third-order valence-electron chi connectivity index (χ3n) is 21.0. The van der Waals surface area contributed by atoms with Crippen molar-refractivity contribution in [2.24, 2.45) is 40.7 Å². The molecule has 0 aromatic heterocycles. The van der Waals surface area contributed by atoms with Crippen molar-refractivity contribution in [3.05, 3.63) is 71.8 Å². The molecule has 1 aliphatic carbocycles. The van der Waals surface area contributed by atoms with Gasteiger partial charge >= 0.3 is 18.2 Å². The second-order valence-electron chi connectivity index (χ2n) is 30.6. The molecule has 9 N–H and O–H groups in total. The Labute approximate surface area is 649 Å². The average molecular weight is 1560 g/mol. The van der Waals surface area contributed by atoms with Crippen LogP contribution in [0.4, 0.5) is 15.3 Å². The zero-order valence-electron chi connectivity index (χ0n) is 66.4. The number of rotatable bonds is 45. The number of ether oxygens (including phenoxy) is 5. The number of carboxylic acid groups (broad SMARTS) is 1. The Kier molecular flexibility index (Phi) is 34.7. The summed E-state index contributed by atoms with van der Waals surface area (Å²) >= 11 is 1.34. The molecule has 1 saturated carbocycles. The molecule has 30 nitrogen and oxygen atoms in total. The topological polar surface area (TPSA) is 399 Å². The third-order valence-corrected chi connectivity index (χ3v) is 22.6. The maximum absolute atomic E-state index is 15.2. The summed E-state index contributed by atoms with van der Waals surface area (Å²) in [6.45, 7) is 16.0. The van der Waals surface area contributed by atoms with Crippen LogP contribution < -0.4 is 42.4 Å². The minimum atomic E-state index is -1.16. The van der Waals surface area contributed by atoms with E-state index in [1.165, 1.54) is 35.8 Å². The van der Waals surface area contributed by atoms with Crippen LogP contribution in [0, 0.1) is 35.0 Å². The Balaban J connectivity index is 1.10. The van der Waals surface area contributed by atoms with Crippen LogP contribution in [0.25, 0.3) is 10.8 Å². The summed E-state index contributed by atoms with van der Waals surface area (Å²) in [4.78, 5) is 181. The number of nitrogens with zero attached hydrogens (tertiary/aromatic N) is 4. The van der Waals surface area contributed by atoms with Crippen molar-refractivity contribution in [3.8, 4) is 5.75 Å². The third kappa shape index (κ3) is 25.8. The van der Waals surface area contributed by atoms with Crippen LogP contribution in [0.2, 0.25) is 0 Å². The Morgan fingerprint density at radius 2 is 1.42 bits per heavy atom. The van der Waals surface area contributed by atoms with E-state index in [1.807, 2.05) is 58.6 Å². The van der Waals surface area contributed by atoms with Crippen LogP contribution in [-0.2, 0) is 73.5 Å². The maximum atomic E-state index is 15.2. The number of aliphatic carboxylic acids is 1. The number of nitrogens with one attached hydrogen (secondary N) is 6. The van der Waals surface area contributed by atoms with E-state index in [1.54, 1.807) is 102 Å². The number of carbonyl (C=O) groups excluding carboxylic acids is 12. The molecule has 2 aliphatic heterocycles. The summed E-state index contributed by atoms with van der Waals surface area (Å²) in [6, 6.07) is 10.9. The number of hydrogen-bond acceptors (Lipinski definition) is 20. The smallest absolute Gasteiger partial charge is 0.497 e. The predicted octanol–water partition coefficient (Wildman–Crippen LogP) is 6.82. The lowest BCUT2D eigenvalue weighted by Gasteiger charge is -2.41. The summed E-state index contributed by atoms with van der Waals surface area (Å²) in [5, 5.41) is 26.9. The predicted molar refractivity (Wildman–Crippen MR) is 414 cm³/mol. The molecular weight excluding hydrogens is 1440 g/mol. The molecule has 12 atom stereocenters. The highest BCUT2D eigenvalue weighted by Crippen LogP contribution is 2.52. The van der Waals surface area contributed by atoms with Crippen molar-refractivity contribution in [2.75, 3.05) is 79.7 Å². The van der Waals surface area contributed by atoms with Crippen molar-refractivity contribution >= 4 is 105 Å². The number of thioether (sulfide) groups is 1. The highest BCUT2D eigenvalue weighted by atomic mass is 32.2. The van der Waals surface area contributed by atoms with E-state index in [2.05, 4.69) is 31.9 Å². The molecule has 3 aromatic carbocycles. The fourth-order valence-electron chi connectivity index (χ4n) is 14.4. The minimum Gasteiger partial charge on any atom is -0.497 e. The van der Waals surface area contributed by atoms with Gasteiger partial charge in [0.1, 0.15) is 36.6 Å². The number of fused-ring (bicyclic) bond motifs is 1. The van der Waals surface area contributed by atoms with Crippen LogP contribution >= 0.6 is 11.8 Å². The molecule has 3 fully saturated rings. The number of imide groups is 1. The molecule has 3 aliphatic rings. The van der Waals surface area contributed by atoms with E-state index in [9.17, 15) is 62.6 Å². The van der Waals surface area contributed by atoms with Gasteiger partial charge in [0.15, 0.2) is 5.78 Å². The largest absolute Gasteiger partial charge is 0.508 e. The highest BCUT2D eigenvalue weighted by molar-refractivity contribution is 8.00. The first-order valence-corrected chi connectivity index (χ1v) is 39.1. The van der Waals surface area contributed by atoms with Crippen molar-refractivity contribution in [1.29, 1.82) is 0 Å². The number of carbonyl (C=O) groups is 13.